The maximum atomic E-state index is 11.1. The fourth-order valence-electron chi connectivity index (χ4n) is 0.898. The topological polar surface area (TPSA) is 93.0 Å². The average molecular weight is 219 g/mol. The Balaban J connectivity index is 2.90. The lowest BCUT2D eigenvalue weighted by molar-refractivity contribution is -0.129. The number of aliphatic carboxylic acids is 1. The van der Waals surface area contributed by atoms with E-state index in [0.717, 1.165) is 5.41 Å². The standard InChI is InChI=1S/C7H9NO5S/c1-2-13-3-5-4-14(11,12)6(8-5)7(9)10/h4H,2-3H2,1H3,(H,9,10). The van der Waals surface area contributed by atoms with Gasteiger partial charge in [-0.15, -0.1) is 0 Å². The lowest BCUT2D eigenvalue weighted by Crippen LogP contribution is -2.19. The molecule has 0 saturated heterocycles. The molecule has 0 spiro atoms. The Kier molecular flexibility index (Phi) is 3.02. The fourth-order valence-corrected chi connectivity index (χ4v) is 1.98. The molecule has 7 heteroatoms. The van der Waals surface area contributed by atoms with Gasteiger partial charge in [0.25, 0.3) is 0 Å². The van der Waals surface area contributed by atoms with Crippen LogP contribution in [0.3, 0.4) is 0 Å². The first-order valence-corrected chi connectivity index (χ1v) is 5.37. The van der Waals surface area contributed by atoms with Gasteiger partial charge >= 0.3 is 5.97 Å². The number of ether oxygens (including phenoxy) is 1. The third-order valence-electron chi connectivity index (χ3n) is 1.44. The second-order valence-corrected chi connectivity index (χ2v) is 4.23. The Morgan fingerprint density at radius 1 is 1.64 bits per heavy atom. The molecule has 1 N–H and O–H groups in total. The van der Waals surface area contributed by atoms with Gasteiger partial charge in [-0.05, 0) is 6.92 Å². The molecule has 0 aromatic rings. The lowest BCUT2D eigenvalue weighted by atomic mass is 10.5. The summed E-state index contributed by atoms with van der Waals surface area (Å²) in [6.07, 6.45) is 0. The highest BCUT2D eigenvalue weighted by Gasteiger charge is 2.30. The van der Waals surface area contributed by atoms with Crippen LogP contribution < -0.4 is 0 Å². The van der Waals surface area contributed by atoms with Gasteiger partial charge in [0, 0.05) is 6.61 Å². The number of rotatable bonds is 4. The molecule has 0 unspecified atom stereocenters. The highest BCUT2D eigenvalue weighted by atomic mass is 32.2. The van der Waals surface area contributed by atoms with Crippen LogP contribution in [-0.2, 0) is 19.4 Å². The van der Waals surface area contributed by atoms with E-state index in [0.29, 0.717) is 6.61 Å². The summed E-state index contributed by atoms with van der Waals surface area (Å²) in [4.78, 5) is 13.9. The number of nitrogens with zero attached hydrogens (tertiary/aromatic N) is 1. The highest BCUT2D eigenvalue weighted by molar-refractivity contribution is 8.11. The van der Waals surface area contributed by atoms with E-state index in [1.807, 2.05) is 0 Å². The second-order valence-electron chi connectivity index (χ2n) is 2.51. The van der Waals surface area contributed by atoms with Crippen molar-refractivity contribution in [1.29, 1.82) is 0 Å². The minimum Gasteiger partial charge on any atom is -0.476 e. The summed E-state index contributed by atoms with van der Waals surface area (Å²) >= 11 is 0. The van der Waals surface area contributed by atoms with Crippen LogP contribution in [0.2, 0.25) is 0 Å². The smallest absolute Gasteiger partial charge is 0.366 e. The van der Waals surface area contributed by atoms with E-state index in [9.17, 15) is 13.2 Å². The van der Waals surface area contributed by atoms with Crippen LogP contribution in [0.1, 0.15) is 6.92 Å². The largest absolute Gasteiger partial charge is 0.476 e. The minimum atomic E-state index is -3.86. The second kappa shape index (κ2) is 3.89. The van der Waals surface area contributed by atoms with E-state index in [2.05, 4.69) is 4.99 Å². The number of sulfone groups is 1. The van der Waals surface area contributed by atoms with Crippen LogP contribution in [0.25, 0.3) is 0 Å². The van der Waals surface area contributed by atoms with E-state index in [1.54, 1.807) is 6.92 Å². The van der Waals surface area contributed by atoms with Crippen LogP contribution in [-0.4, -0.2) is 37.8 Å². The van der Waals surface area contributed by atoms with Gasteiger partial charge in [0.1, 0.15) is 0 Å². The van der Waals surface area contributed by atoms with Gasteiger partial charge in [-0.2, -0.15) is 0 Å². The summed E-state index contributed by atoms with van der Waals surface area (Å²) < 4.78 is 27.2. The number of carboxylic acid groups (broad SMARTS) is 1. The Hall–Kier alpha value is -1.21. The number of carboxylic acids is 1. The number of hydrogen-bond donors (Lipinski definition) is 1. The molecule has 14 heavy (non-hydrogen) atoms. The van der Waals surface area contributed by atoms with Crippen molar-refractivity contribution in [3.8, 4) is 0 Å². The summed E-state index contributed by atoms with van der Waals surface area (Å²) in [5.74, 6) is -1.55. The van der Waals surface area contributed by atoms with Crippen molar-refractivity contribution in [2.24, 2.45) is 4.99 Å². The monoisotopic (exact) mass is 219 g/mol. The minimum absolute atomic E-state index is 0.00646. The van der Waals surface area contributed by atoms with Crippen molar-refractivity contribution < 1.29 is 23.1 Å². The van der Waals surface area contributed by atoms with E-state index < -0.39 is 20.9 Å². The van der Waals surface area contributed by atoms with Gasteiger partial charge in [-0.1, -0.05) is 0 Å². The summed E-state index contributed by atoms with van der Waals surface area (Å²) in [7, 11) is -3.86. The molecule has 1 aliphatic rings. The van der Waals surface area contributed by atoms with E-state index in [-0.39, 0.29) is 12.3 Å². The van der Waals surface area contributed by atoms with Crippen LogP contribution >= 0.6 is 0 Å². The summed E-state index contributed by atoms with van der Waals surface area (Å²) in [6, 6.07) is 0. The third kappa shape index (κ3) is 2.18. The summed E-state index contributed by atoms with van der Waals surface area (Å²) in [5.41, 5.74) is 0.115. The van der Waals surface area contributed by atoms with Crippen molar-refractivity contribution in [3.63, 3.8) is 0 Å². The van der Waals surface area contributed by atoms with Crippen molar-refractivity contribution in [2.75, 3.05) is 13.2 Å². The van der Waals surface area contributed by atoms with Crippen LogP contribution in [0.4, 0.5) is 0 Å². The quantitative estimate of drug-likeness (QED) is 0.705. The zero-order valence-electron chi connectivity index (χ0n) is 7.43. The Labute approximate surface area is 80.8 Å². The Bertz CT molecular complexity index is 406. The van der Waals surface area contributed by atoms with Gasteiger partial charge in [0.2, 0.25) is 14.9 Å². The molecular formula is C7H9NO5S. The zero-order chi connectivity index (χ0) is 10.8. The predicted molar refractivity (Wildman–Crippen MR) is 48.6 cm³/mol. The van der Waals surface area contributed by atoms with E-state index >= 15 is 0 Å². The Morgan fingerprint density at radius 3 is 2.71 bits per heavy atom. The maximum Gasteiger partial charge on any atom is 0.366 e. The molecule has 0 aromatic carbocycles. The van der Waals surface area contributed by atoms with Gasteiger partial charge in [-0.25, -0.2) is 18.2 Å². The Morgan fingerprint density at radius 2 is 2.29 bits per heavy atom. The fraction of sp³-hybridized carbons (Fsp3) is 0.429. The number of carbonyl (C=O) groups is 1. The number of aliphatic imine (C=N–C) groups is 1. The molecule has 78 valence electrons. The number of hydrogen-bond acceptors (Lipinski definition) is 5. The van der Waals surface area contributed by atoms with Crippen molar-refractivity contribution >= 4 is 20.9 Å². The van der Waals surface area contributed by atoms with Crippen LogP contribution in [0, 0.1) is 0 Å². The van der Waals surface area contributed by atoms with Gasteiger partial charge < -0.3 is 9.84 Å². The third-order valence-corrected chi connectivity index (χ3v) is 2.83. The molecule has 0 radical (unpaired) electrons. The molecule has 1 rings (SSSR count). The van der Waals surface area contributed by atoms with Gasteiger partial charge in [0.05, 0.1) is 17.7 Å². The van der Waals surface area contributed by atoms with Crippen molar-refractivity contribution in [1.82, 2.24) is 0 Å². The van der Waals surface area contributed by atoms with Crippen LogP contribution in [0.5, 0.6) is 0 Å². The molecule has 0 fully saturated rings. The van der Waals surface area contributed by atoms with Crippen LogP contribution in [0.15, 0.2) is 16.1 Å². The molecule has 1 aliphatic heterocycles. The van der Waals surface area contributed by atoms with Crippen molar-refractivity contribution in [2.45, 2.75) is 6.92 Å². The average Bonchev–Trinajstić information content (AvgIpc) is 2.37. The molecule has 0 aromatic heterocycles. The SMILES string of the molecule is CCOCC1=CS(=O)(=O)C(C(=O)O)=N1. The molecule has 0 atom stereocenters. The molecule has 1 heterocycles. The predicted octanol–water partition coefficient (Wildman–Crippen LogP) is -0.224. The zero-order valence-corrected chi connectivity index (χ0v) is 8.24. The van der Waals surface area contributed by atoms with E-state index in [4.69, 9.17) is 9.84 Å². The molecule has 0 bridgehead atoms. The van der Waals surface area contributed by atoms with Gasteiger partial charge in [-0.3, -0.25) is 0 Å². The molecule has 0 aliphatic carbocycles. The molecule has 0 saturated carbocycles. The first-order chi connectivity index (χ1) is 6.47. The highest BCUT2D eigenvalue weighted by Crippen LogP contribution is 2.14. The maximum absolute atomic E-state index is 11.1. The summed E-state index contributed by atoms with van der Waals surface area (Å²) in [6.45, 7) is 2.16. The lowest BCUT2D eigenvalue weighted by Gasteiger charge is -1.96. The summed E-state index contributed by atoms with van der Waals surface area (Å²) in [5, 5.41) is 8.48. The normalized spacial score (nSPS) is 18.9. The van der Waals surface area contributed by atoms with Gasteiger partial charge in [0.15, 0.2) is 0 Å². The molecular weight excluding hydrogens is 210 g/mol. The first kappa shape index (κ1) is 10.9. The molecule has 6 nitrogen and oxygen atoms in total. The van der Waals surface area contributed by atoms with E-state index in [1.165, 1.54) is 0 Å². The first-order valence-electron chi connectivity index (χ1n) is 3.82. The van der Waals surface area contributed by atoms with Crippen molar-refractivity contribution in [3.05, 3.63) is 11.1 Å². The molecule has 0 amide bonds.